The fourth-order valence-corrected chi connectivity index (χ4v) is 3.88. The third kappa shape index (κ3) is 4.33. The van der Waals surface area contributed by atoms with Crippen LogP contribution in [0.25, 0.3) is 21.5 Å². The quantitative estimate of drug-likeness (QED) is 0.385. The van der Waals surface area contributed by atoms with E-state index in [-0.39, 0.29) is 5.91 Å². The van der Waals surface area contributed by atoms with Crippen LogP contribution in [0.15, 0.2) is 89.8 Å². The standard InChI is InChI=1S/C23H18N2O3S/c26-22(25-29-20-12-11-16-6-2-4-8-18(16)14-20)21(24-23(27)28)19-10-9-15-5-1-3-7-17(15)13-19/h1-14,21,24H,(H,25,26)(H,27,28)/p+1. The predicted octanol–water partition coefficient (Wildman–Crippen LogP) is 4.29. The van der Waals surface area contributed by atoms with Crippen molar-refractivity contribution in [2.75, 3.05) is 0 Å². The summed E-state index contributed by atoms with van der Waals surface area (Å²) in [7, 11) is 0. The molecule has 0 radical (unpaired) electrons. The summed E-state index contributed by atoms with van der Waals surface area (Å²) in [6.45, 7) is 0. The van der Waals surface area contributed by atoms with Crippen molar-refractivity contribution in [2.45, 2.75) is 10.9 Å². The molecule has 1 atom stereocenters. The number of amides is 2. The van der Waals surface area contributed by atoms with Crippen molar-refractivity contribution < 1.29 is 14.7 Å². The molecular formula is C23H19N2O3S+. The molecule has 0 aliphatic heterocycles. The summed E-state index contributed by atoms with van der Waals surface area (Å²) in [4.78, 5) is 25.1. The number of benzene rings is 4. The number of fused-ring (bicyclic) bond motifs is 2. The molecule has 4 rings (SSSR count). The number of carbonyl (C=O) groups excluding carboxylic acids is 2. The van der Waals surface area contributed by atoms with Gasteiger partial charge in [-0.3, -0.25) is 14.8 Å². The molecule has 0 aliphatic carbocycles. The normalized spacial score (nSPS) is 11.9. The number of nitrogens with one attached hydrogen (secondary N) is 2. The molecule has 6 heteroatoms. The number of hydrogen-bond donors (Lipinski definition) is 2. The molecule has 1 unspecified atom stereocenters. The summed E-state index contributed by atoms with van der Waals surface area (Å²) in [5, 5.41) is 13.9. The van der Waals surface area contributed by atoms with Crippen molar-refractivity contribution >= 4 is 45.5 Å². The van der Waals surface area contributed by atoms with Crippen LogP contribution < -0.4 is 10.0 Å². The van der Waals surface area contributed by atoms with E-state index in [9.17, 15) is 9.59 Å². The Balaban J connectivity index is 1.55. The van der Waals surface area contributed by atoms with Crippen LogP contribution in [0.3, 0.4) is 0 Å². The fraction of sp³-hybridized carbons (Fsp3) is 0.0435. The zero-order valence-corrected chi connectivity index (χ0v) is 16.2. The van der Waals surface area contributed by atoms with Gasteiger partial charge in [-0.25, -0.2) is 0 Å². The van der Waals surface area contributed by atoms with Crippen LogP contribution in [0.5, 0.6) is 0 Å². The molecular weight excluding hydrogens is 384 g/mol. The Morgan fingerprint density at radius 2 is 1.34 bits per heavy atom. The van der Waals surface area contributed by atoms with Gasteiger partial charge < -0.3 is 5.11 Å². The second-order valence-electron chi connectivity index (χ2n) is 6.59. The largest absolute Gasteiger partial charge is 0.627 e. The van der Waals surface area contributed by atoms with Gasteiger partial charge in [0.05, 0.1) is 4.79 Å². The molecule has 4 N–H and O–H groups in total. The van der Waals surface area contributed by atoms with E-state index in [4.69, 9.17) is 5.11 Å². The second kappa shape index (κ2) is 8.24. The topological polar surface area (TPSA) is 81.1 Å². The minimum absolute atomic E-state index is 0.390. The highest BCUT2D eigenvalue weighted by Gasteiger charge is 2.26. The molecule has 144 valence electrons. The van der Waals surface area contributed by atoms with Gasteiger partial charge in [-0.2, -0.15) is 0 Å². The van der Waals surface area contributed by atoms with Crippen LogP contribution in [0.2, 0.25) is 0 Å². The van der Waals surface area contributed by atoms with Crippen LogP contribution in [0.4, 0.5) is 4.79 Å². The van der Waals surface area contributed by atoms with Crippen LogP contribution >= 0.6 is 11.9 Å². The number of rotatable bonds is 5. The van der Waals surface area contributed by atoms with Crippen LogP contribution in [-0.4, -0.2) is 17.1 Å². The lowest BCUT2D eigenvalue weighted by Crippen LogP contribution is -2.37. The van der Waals surface area contributed by atoms with Crippen molar-refractivity contribution in [3.63, 3.8) is 0 Å². The number of carbonyl (C=O) groups is 2. The maximum Gasteiger partial charge on any atom is 0.627 e. The van der Waals surface area contributed by atoms with Crippen LogP contribution in [-0.2, 0) is 4.79 Å². The Morgan fingerprint density at radius 3 is 2.00 bits per heavy atom. The molecule has 0 heterocycles. The third-order valence-corrected chi connectivity index (χ3v) is 5.43. The van der Waals surface area contributed by atoms with Gasteiger partial charge in [-0.1, -0.05) is 66.7 Å². The maximum absolute atomic E-state index is 12.8. The van der Waals surface area contributed by atoms with E-state index in [2.05, 4.69) is 10.0 Å². The SMILES string of the molecule is O=C([OH2+])NC(C(=O)NSc1ccc2ccccc2c1)c1ccc2ccccc2c1. The smallest absolute Gasteiger partial charge is 0.547 e. The summed E-state index contributed by atoms with van der Waals surface area (Å²) < 4.78 is 2.80. The van der Waals surface area contributed by atoms with Crippen LogP contribution in [0, 0.1) is 0 Å². The molecule has 4 aromatic rings. The lowest BCUT2D eigenvalue weighted by atomic mass is 10.0. The minimum atomic E-state index is -1.01. The van der Waals surface area contributed by atoms with Crippen LogP contribution in [0.1, 0.15) is 11.6 Å². The molecule has 0 fully saturated rings. The molecule has 29 heavy (non-hydrogen) atoms. The minimum Gasteiger partial charge on any atom is -0.547 e. The van der Waals surface area contributed by atoms with E-state index in [1.165, 1.54) is 11.9 Å². The number of hydrogen-bond acceptors (Lipinski definition) is 3. The lowest BCUT2D eigenvalue weighted by molar-refractivity contribution is -0.121. The third-order valence-electron chi connectivity index (χ3n) is 4.63. The van der Waals surface area contributed by atoms with E-state index < -0.39 is 12.1 Å². The Labute approximate surface area is 171 Å². The van der Waals surface area contributed by atoms with Gasteiger partial charge in [0.1, 0.15) is 6.04 Å². The summed E-state index contributed by atoms with van der Waals surface area (Å²) in [5.41, 5.74) is 0.626. The van der Waals surface area contributed by atoms with Crippen molar-refractivity contribution in [3.8, 4) is 0 Å². The van der Waals surface area contributed by atoms with Crippen molar-refractivity contribution in [1.29, 1.82) is 0 Å². The zero-order valence-electron chi connectivity index (χ0n) is 15.4. The highest BCUT2D eigenvalue weighted by atomic mass is 32.2. The van der Waals surface area contributed by atoms with E-state index >= 15 is 0 Å². The first-order valence-corrected chi connectivity index (χ1v) is 9.88. The lowest BCUT2D eigenvalue weighted by Gasteiger charge is -2.16. The molecule has 0 aromatic heterocycles. The summed E-state index contributed by atoms with van der Waals surface area (Å²) >= 11 is 1.19. The molecule has 0 saturated carbocycles. The molecule has 0 bridgehead atoms. The van der Waals surface area contributed by atoms with Crippen molar-refractivity contribution in [3.05, 3.63) is 90.5 Å². The zero-order chi connectivity index (χ0) is 20.2. The second-order valence-corrected chi connectivity index (χ2v) is 7.47. The van der Waals surface area contributed by atoms with Gasteiger partial charge in [0.15, 0.2) is 0 Å². The monoisotopic (exact) mass is 403 g/mol. The summed E-state index contributed by atoms with van der Waals surface area (Å²) in [6, 6.07) is 26.3. The predicted molar refractivity (Wildman–Crippen MR) is 117 cm³/mol. The Morgan fingerprint density at radius 1 is 0.759 bits per heavy atom. The van der Waals surface area contributed by atoms with Gasteiger partial charge in [0.2, 0.25) is 0 Å². The van der Waals surface area contributed by atoms with Crippen molar-refractivity contribution in [2.24, 2.45) is 0 Å². The Hall–Kier alpha value is -3.51. The van der Waals surface area contributed by atoms with Gasteiger partial charge in [0, 0.05) is 4.90 Å². The Bertz CT molecular complexity index is 1210. The van der Waals surface area contributed by atoms with E-state index in [0.29, 0.717) is 5.56 Å². The molecule has 0 spiro atoms. The summed E-state index contributed by atoms with van der Waals surface area (Å²) in [6.07, 6.45) is -1.01. The summed E-state index contributed by atoms with van der Waals surface area (Å²) in [5.74, 6) is -0.390. The molecule has 0 aliphatic rings. The average Bonchev–Trinajstić information content (AvgIpc) is 2.75. The highest BCUT2D eigenvalue weighted by molar-refractivity contribution is 7.98. The first-order valence-electron chi connectivity index (χ1n) is 9.06. The van der Waals surface area contributed by atoms with Gasteiger partial charge in [-0.05, 0) is 57.3 Å². The highest BCUT2D eigenvalue weighted by Crippen LogP contribution is 2.24. The molecule has 2 amide bonds. The first kappa shape index (κ1) is 18.8. The van der Waals surface area contributed by atoms with Crippen molar-refractivity contribution in [1.82, 2.24) is 10.0 Å². The van der Waals surface area contributed by atoms with E-state index in [1.807, 2.05) is 78.9 Å². The fourth-order valence-electron chi connectivity index (χ4n) is 3.22. The first-order chi connectivity index (χ1) is 14.1. The van der Waals surface area contributed by atoms with E-state index in [0.717, 1.165) is 26.4 Å². The maximum atomic E-state index is 12.8. The van der Waals surface area contributed by atoms with E-state index in [1.54, 1.807) is 6.07 Å². The average molecular weight is 403 g/mol. The molecule has 4 aromatic carbocycles. The molecule has 0 saturated heterocycles. The Kier molecular flexibility index (Phi) is 5.35. The van der Waals surface area contributed by atoms with Gasteiger partial charge >= 0.3 is 6.09 Å². The molecule has 5 nitrogen and oxygen atoms in total. The van der Waals surface area contributed by atoms with Gasteiger partial charge in [-0.15, -0.1) is 0 Å². The van der Waals surface area contributed by atoms with Gasteiger partial charge in [0.25, 0.3) is 5.91 Å².